The predicted molar refractivity (Wildman–Crippen MR) is 76.6 cm³/mol. The number of nitrogens with two attached hydrogens (primary N) is 1. The number of hydrogen-bond acceptors (Lipinski definition) is 4. The summed E-state index contributed by atoms with van der Waals surface area (Å²) < 4.78 is 0. The zero-order valence-corrected chi connectivity index (χ0v) is 11.2. The number of carbonyl (C=O) groups is 1. The fourth-order valence-corrected chi connectivity index (χ4v) is 2.53. The zero-order chi connectivity index (χ0) is 13.8. The summed E-state index contributed by atoms with van der Waals surface area (Å²) in [7, 11) is 0. The molecule has 0 bridgehead atoms. The molecule has 4 N–H and O–H groups in total. The molecule has 1 heterocycles. The molecule has 1 aliphatic heterocycles. The third kappa shape index (κ3) is 3.61. The fraction of sp³-hybridized carbons (Fsp3) is 0.500. The van der Waals surface area contributed by atoms with Gasteiger partial charge in [-0.2, -0.15) is 0 Å². The maximum absolute atomic E-state index is 11.2. The van der Waals surface area contributed by atoms with E-state index in [-0.39, 0.29) is 11.6 Å². The van der Waals surface area contributed by atoms with Gasteiger partial charge in [0.15, 0.2) is 0 Å². The molecule has 1 aliphatic rings. The Bertz CT molecular complexity index is 456. The molecule has 1 aromatic rings. The van der Waals surface area contributed by atoms with Crippen molar-refractivity contribution in [2.75, 3.05) is 30.7 Å². The van der Waals surface area contributed by atoms with Crippen molar-refractivity contribution < 1.29 is 9.90 Å². The second-order valence-electron chi connectivity index (χ2n) is 5.16. The number of benzene rings is 1. The van der Waals surface area contributed by atoms with Crippen molar-refractivity contribution in [1.82, 2.24) is 4.90 Å². The van der Waals surface area contributed by atoms with E-state index in [0.717, 1.165) is 19.6 Å². The van der Waals surface area contributed by atoms with Crippen molar-refractivity contribution >= 4 is 17.3 Å². The van der Waals surface area contributed by atoms with E-state index < -0.39 is 5.97 Å². The predicted octanol–water partition coefficient (Wildman–Crippen LogP) is 1.86. The van der Waals surface area contributed by atoms with Crippen LogP contribution in [0.1, 0.15) is 30.1 Å². The van der Waals surface area contributed by atoms with Crippen molar-refractivity contribution in [1.29, 1.82) is 0 Å². The highest BCUT2D eigenvalue weighted by molar-refractivity contribution is 5.95. The van der Waals surface area contributed by atoms with E-state index in [1.165, 1.54) is 12.8 Å². The molecule has 1 fully saturated rings. The second kappa shape index (κ2) is 5.93. The minimum atomic E-state index is -0.934. The molecular weight excluding hydrogens is 242 g/mol. The summed E-state index contributed by atoms with van der Waals surface area (Å²) in [5.41, 5.74) is 7.16. The Hall–Kier alpha value is -1.75. The molecule has 1 unspecified atom stereocenters. The Morgan fingerprint density at radius 3 is 2.79 bits per heavy atom. The second-order valence-corrected chi connectivity index (χ2v) is 5.16. The van der Waals surface area contributed by atoms with Gasteiger partial charge >= 0.3 is 5.97 Å². The Labute approximate surface area is 113 Å². The largest absolute Gasteiger partial charge is 0.478 e. The van der Waals surface area contributed by atoms with Crippen molar-refractivity contribution in [3.05, 3.63) is 23.8 Å². The first-order valence-corrected chi connectivity index (χ1v) is 6.68. The van der Waals surface area contributed by atoms with E-state index in [9.17, 15) is 4.79 Å². The van der Waals surface area contributed by atoms with Crippen molar-refractivity contribution in [3.63, 3.8) is 0 Å². The van der Waals surface area contributed by atoms with Gasteiger partial charge in [-0.3, -0.25) is 0 Å². The SMILES string of the molecule is CC(CN1CCCC1)Nc1cc(N)ccc1C(=O)O. The molecule has 2 rings (SSSR count). The molecule has 0 aromatic heterocycles. The summed E-state index contributed by atoms with van der Waals surface area (Å²) >= 11 is 0. The molecule has 1 saturated heterocycles. The standard InChI is InChI=1S/C14H21N3O2/c1-10(9-17-6-2-3-7-17)16-13-8-11(15)4-5-12(13)14(18)19/h4-5,8,10,16H,2-3,6-7,9,15H2,1H3,(H,18,19). The number of aromatic carboxylic acids is 1. The van der Waals surface area contributed by atoms with Crippen LogP contribution in [0.3, 0.4) is 0 Å². The minimum absolute atomic E-state index is 0.193. The van der Waals surface area contributed by atoms with E-state index in [1.807, 2.05) is 0 Å². The molecule has 0 amide bonds. The molecule has 1 aromatic carbocycles. The number of carboxylic acid groups (broad SMARTS) is 1. The lowest BCUT2D eigenvalue weighted by Gasteiger charge is -2.23. The highest BCUT2D eigenvalue weighted by Gasteiger charge is 2.16. The van der Waals surface area contributed by atoms with E-state index in [1.54, 1.807) is 18.2 Å². The zero-order valence-electron chi connectivity index (χ0n) is 11.2. The van der Waals surface area contributed by atoms with Crippen molar-refractivity contribution in [2.24, 2.45) is 0 Å². The number of nitrogens with zero attached hydrogens (tertiary/aromatic N) is 1. The van der Waals surface area contributed by atoms with Crippen LogP contribution in [0.4, 0.5) is 11.4 Å². The van der Waals surface area contributed by atoms with Gasteiger partial charge in [-0.15, -0.1) is 0 Å². The fourth-order valence-electron chi connectivity index (χ4n) is 2.53. The minimum Gasteiger partial charge on any atom is -0.478 e. The average molecular weight is 263 g/mol. The van der Waals surface area contributed by atoms with Crippen LogP contribution in [0.5, 0.6) is 0 Å². The summed E-state index contributed by atoms with van der Waals surface area (Å²) in [5.74, 6) is -0.934. The van der Waals surface area contributed by atoms with Gasteiger partial charge in [0.25, 0.3) is 0 Å². The van der Waals surface area contributed by atoms with Gasteiger partial charge in [0.1, 0.15) is 0 Å². The summed E-state index contributed by atoms with van der Waals surface area (Å²) in [6.45, 7) is 5.25. The normalized spacial score (nSPS) is 17.3. The maximum Gasteiger partial charge on any atom is 0.337 e. The molecule has 19 heavy (non-hydrogen) atoms. The third-order valence-corrected chi connectivity index (χ3v) is 3.41. The number of likely N-dealkylation sites (tertiary alicyclic amines) is 1. The Balaban J connectivity index is 2.04. The summed E-state index contributed by atoms with van der Waals surface area (Å²) in [6.07, 6.45) is 2.51. The lowest BCUT2D eigenvalue weighted by atomic mass is 10.1. The van der Waals surface area contributed by atoms with Crippen LogP contribution in [0, 0.1) is 0 Å². The molecule has 0 aliphatic carbocycles. The van der Waals surface area contributed by atoms with Crippen LogP contribution in [-0.2, 0) is 0 Å². The number of anilines is 2. The van der Waals surface area contributed by atoms with Gasteiger partial charge in [0, 0.05) is 18.3 Å². The smallest absolute Gasteiger partial charge is 0.337 e. The first kappa shape index (κ1) is 13.7. The monoisotopic (exact) mass is 263 g/mol. The first-order chi connectivity index (χ1) is 9.06. The molecule has 104 valence electrons. The van der Waals surface area contributed by atoms with Crippen LogP contribution in [-0.4, -0.2) is 41.7 Å². The van der Waals surface area contributed by atoms with Gasteiger partial charge in [0.05, 0.1) is 11.3 Å². The van der Waals surface area contributed by atoms with Crippen LogP contribution in [0.15, 0.2) is 18.2 Å². The van der Waals surface area contributed by atoms with Crippen LogP contribution >= 0.6 is 0 Å². The number of hydrogen-bond donors (Lipinski definition) is 3. The molecule has 0 saturated carbocycles. The van der Waals surface area contributed by atoms with Gasteiger partial charge in [-0.25, -0.2) is 4.79 Å². The molecule has 5 heteroatoms. The number of nitrogen functional groups attached to an aromatic ring is 1. The molecular formula is C14H21N3O2. The molecule has 5 nitrogen and oxygen atoms in total. The summed E-state index contributed by atoms with van der Waals surface area (Å²) in [6, 6.07) is 5.03. The highest BCUT2D eigenvalue weighted by Crippen LogP contribution is 2.20. The molecule has 0 spiro atoms. The Morgan fingerprint density at radius 2 is 2.16 bits per heavy atom. The first-order valence-electron chi connectivity index (χ1n) is 6.68. The lowest BCUT2D eigenvalue weighted by molar-refractivity contribution is 0.0698. The van der Waals surface area contributed by atoms with E-state index >= 15 is 0 Å². The number of carboxylic acids is 1. The van der Waals surface area contributed by atoms with Gasteiger partial charge < -0.3 is 21.1 Å². The summed E-state index contributed by atoms with van der Waals surface area (Å²) in [5, 5.41) is 12.4. The third-order valence-electron chi connectivity index (χ3n) is 3.41. The van der Waals surface area contributed by atoms with E-state index in [0.29, 0.717) is 11.4 Å². The van der Waals surface area contributed by atoms with E-state index in [4.69, 9.17) is 10.8 Å². The van der Waals surface area contributed by atoms with Crippen LogP contribution < -0.4 is 11.1 Å². The lowest BCUT2D eigenvalue weighted by Crippen LogP contribution is -2.33. The Kier molecular flexibility index (Phi) is 4.27. The van der Waals surface area contributed by atoms with Gasteiger partial charge in [-0.05, 0) is 51.1 Å². The van der Waals surface area contributed by atoms with Crippen LogP contribution in [0.2, 0.25) is 0 Å². The summed E-state index contributed by atoms with van der Waals surface area (Å²) in [4.78, 5) is 13.6. The average Bonchev–Trinajstić information content (AvgIpc) is 2.81. The maximum atomic E-state index is 11.2. The topological polar surface area (TPSA) is 78.6 Å². The van der Waals surface area contributed by atoms with Gasteiger partial charge in [-0.1, -0.05) is 0 Å². The molecule has 0 radical (unpaired) electrons. The highest BCUT2D eigenvalue weighted by atomic mass is 16.4. The molecule has 1 atom stereocenters. The number of rotatable bonds is 5. The van der Waals surface area contributed by atoms with Gasteiger partial charge in [0.2, 0.25) is 0 Å². The Morgan fingerprint density at radius 1 is 1.47 bits per heavy atom. The van der Waals surface area contributed by atoms with Crippen molar-refractivity contribution in [3.8, 4) is 0 Å². The number of nitrogens with one attached hydrogen (secondary N) is 1. The van der Waals surface area contributed by atoms with Crippen LogP contribution in [0.25, 0.3) is 0 Å². The quantitative estimate of drug-likeness (QED) is 0.707. The van der Waals surface area contributed by atoms with E-state index in [2.05, 4.69) is 17.1 Å². The van der Waals surface area contributed by atoms with Crippen molar-refractivity contribution in [2.45, 2.75) is 25.8 Å².